The molecule has 0 spiro atoms. The number of hydrogen-bond donors (Lipinski definition) is 1. The molecule has 0 aliphatic rings. The maximum Gasteiger partial charge on any atom is 0.392 e. The summed E-state index contributed by atoms with van der Waals surface area (Å²) in [6, 6.07) is 4.56. The summed E-state index contributed by atoms with van der Waals surface area (Å²) in [5, 5.41) is 0. The largest absolute Gasteiger partial charge is 0.477 e. The lowest BCUT2D eigenvalue weighted by Gasteiger charge is -2.08. The highest BCUT2D eigenvalue weighted by atomic mass is 32.1. The molecule has 7 heteroatoms. The fraction of sp³-hybridized carbons (Fsp3) is 0.333. The van der Waals surface area contributed by atoms with Crippen LogP contribution in [0.5, 0.6) is 5.88 Å². The number of thiocarbonyl (C=S) groups is 1. The molecular weight excluding hydrogens is 241 g/mol. The quantitative estimate of drug-likeness (QED) is 0.831. The first-order valence-corrected chi connectivity index (χ1v) is 4.76. The molecule has 0 amide bonds. The number of nitrogens with zero attached hydrogens (tertiary/aromatic N) is 1. The lowest BCUT2D eigenvalue weighted by Crippen LogP contribution is -2.15. The Balaban J connectivity index is 2.55. The zero-order valence-corrected chi connectivity index (χ0v) is 8.94. The number of nitrogens with two attached hydrogens (primary N) is 1. The van der Waals surface area contributed by atoms with Gasteiger partial charge in [-0.15, -0.1) is 0 Å². The molecule has 0 atom stereocenters. The number of alkyl halides is 3. The van der Waals surface area contributed by atoms with Crippen LogP contribution in [0, 0.1) is 0 Å². The number of pyridine rings is 1. The summed E-state index contributed by atoms with van der Waals surface area (Å²) >= 11 is 4.67. The molecule has 0 radical (unpaired) electrons. The van der Waals surface area contributed by atoms with Gasteiger partial charge in [-0.05, 0) is 6.07 Å². The van der Waals surface area contributed by atoms with E-state index in [1.54, 1.807) is 12.1 Å². The predicted octanol–water partition coefficient (Wildman–Crippen LogP) is 2.05. The van der Waals surface area contributed by atoms with Crippen LogP contribution in [0.15, 0.2) is 18.2 Å². The molecule has 1 aromatic heterocycles. The van der Waals surface area contributed by atoms with Crippen molar-refractivity contribution >= 4 is 17.2 Å². The van der Waals surface area contributed by atoms with Crippen LogP contribution < -0.4 is 10.5 Å². The van der Waals surface area contributed by atoms with Crippen molar-refractivity contribution in [3.05, 3.63) is 23.9 Å². The Morgan fingerprint density at radius 1 is 1.44 bits per heavy atom. The van der Waals surface area contributed by atoms with E-state index >= 15 is 0 Å². The summed E-state index contributed by atoms with van der Waals surface area (Å²) in [5.41, 5.74) is 5.63. The molecule has 88 valence electrons. The molecule has 0 aromatic carbocycles. The zero-order valence-electron chi connectivity index (χ0n) is 8.12. The lowest BCUT2D eigenvalue weighted by molar-refractivity contribution is -0.139. The van der Waals surface area contributed by atoms with Crippen molar-refractivity contribution in [3.63, 3.8) is 0 Å². The Hall–Kier alpha value is -1.37. The molecule has 1 heterocycles. The summed E-state index contributed by atoms with van der Waals surface area (Å²) < 4.78 is 40.3. The van der Waals surface area contributed by atoms with Gasteiger partial charge in [0, 0.05) is 6.07 Å². The summed E-state index contributed by atoms with van der Waals surface area (Å²) in [6.45, 7) is -0.475. The maximum absolute atomic E-state index is 11.8. The molecule has 2 N–H and O–H groups in total. The zero-order chi connectivity index (χ0) is 12.2. The minimum Gasteiger partial charge on any atom is -0.477 e. The van der Waals surface area contributed by atoms with Gasteiger partial charge in [-0.1, -0.05) is 18.3 Å². The van der Waals surface area contributed by atoms with Crippen molar-refractivity contribution in [3.8, 4) is 5.88 Å². The van der Waals surface area contributed by atoms with Gasteiger partial charge in [0.1, 0.15) is 10.7 Å². The van der Waals surface area contributed by atoms with Gasteiger partial charge in [0.2, 0.25) is 5.88 Å². The van der Waals surface area contributed by atoms with Gasteiger partial charge in [0.15, 0.2) is 0 Å². The molecule has 0 saturated carbocycles. The Bertz CT molecular complexity index is 381. The highest BCUT2D eigenvalue weighted by Crippen LogP contribution is 2.19. The second kappa shape index (κ2) is 5.11. The van der Waals surface area contributed by atoms with Crippen LogP contribution in [0.3, 0.4) is 0 Å². The van der Waals surface area contributed by atoms with E-state index in [1.807, 2.05) is 0 Å². The van der Waals surface area contributed by atoms with E-state index in [-0.39, 0.29) is 10.9 Å². The smallest absolute Gasteiger partial charge is 0.392 e. The SMILES string of the molecule is NC(=S)c1cccc(OCCC(F)(F)F)n1. The van der Waals surface area contributed by atoms with E-state index in [4.69, 9.17) is 10.5 Å². The molecule has 1 aromatic rings. The minimum atomic E-state index is -4.24. The van der Waals surface area contributed by atoms with E-state index in [0.717, 1.165) is 0 Å². The van der Waals surface area contributed by atoms with Gasteiger partial charge in [-0.25, -0.2) is 4.98 Å². The van der Waals surface area contributed by atoms with Crippen molar-refractivity contribution < 1.29 is 17.9 Å². The van der Waals surface area contributed by atoms with Crippen molar-refractivity contribution in [2.75, 3.05) is 6.61 Å². The van der Waals surface area contributed by atoms with Gasteiger partial charge < -0.3 is 10.5 Å². The first-order chi connectivity index (χ1) is 7.38. The second-order valence-electron chi connectivity index (χ2n) is 2.94. The first-order valence-electron chi connectivity index (χ1n) is 4.35. The number of aromatic nitrogens is 1. The van der Waals surface area contributed by atoms with Gasteiger partial charge >= 0.3 is 6.18 Å². The summed E-state index contributed by atoms with van der Waals surface area (Å²) in [6.07, 6.45) is -5.26. The van der Waals surface area contributed by atoms with Crippen LogP contribution in [0.25, 0.3) is 0 Å². The highest BCUT2D eigenvalue weighted by molar-refractivity contribution is 7.80. The second-order valence-corrected chi connectivity index (χ2v) is 3.38. The van der Waals surface area contributed by atoms with Gasteiger partial charge in [-0.3, -0.25) is 0 Å². The van der Waals surface area contributed by atoms with Gasteiger partial charge in [0.25, 0.3) is 0 Å². The van der Waals surface area contributed by atoms with E-state index in [9.17, 15) is 13.2 Å². The van der Waals surface area contributed by atoms with Gasteiger partial charge in [-0.2, -0.15) is 13.2 Å². The van der Waals surface area contributed by atoms with E-state index < -0.39 is 19.2 Å². The molecule has 3 nitrogen and oxygen atoms in total. The van der Waals surface area contributed by atoms with Crippen molar-refractivity contribution in [1.29, 1.82) is 0 Å². The Morgan fingerprint density at radius 3 is 2.69 bits per heavy atom. The molecule has 0 aliphatic heterocycles. The van der Waals surface area contributed by atoms with Crippen LogP contribution in [-0.4, -0.2) is 22.8 Å². The molecule has 0 unspecified atom stereocenters. The van der Waals surface area contributed by atoms with Crippen LogP contribution in [-0.2, 0) is 0 Å². The summed E-state index contributed by atoms with van der Waals surface area (Å²) in [7, 11) is 0. The number of hydrogen-bond acceptors (Lipinski definition) is 3. The lowest BCUT2D eigenvalue weighted by atomic mass is 10.3. The molecule has 0 saturated heterocycles. The Morgan fingerprint density at radius 2 is 2.12 bits per heavy atom. The van der Waals surface area contributed by atoms with E-state index in [0.29, 0.717) is 5.69 Å². The van der Waals surface area contributed by atoms with Gasteiger partial charge in [0.05, 0.1) is 13.0 Å². The normalized spacial score (nSPS) is 11.2. The monoisotopic (exact) mass is 250 g/mol. The number of halogens is 3. The van der Waals surface area contributed by atoms with Crippen molar-refractivity contribution in [2.24, 2.45) is 5.73 Å². The molecular formula is C9H9F3N2OS. The fourth-order valence-corrected chi connectivity index (χ4v) is 1.02. The topological polar surface area (TPSA) is 48.1 Å². The Labute approximate surface area is 95.4 Å². The molecule has 0 bridgehead atoms. The molecule has 16 heavy (non-hydrogen) atoms. The minimum absolute atomic E-state index is 0.0706. The standard InChI is InChI=1S/C9H9F3N2OS/c10-9(11,12)4-5-15-7-3-1-2-6(14-7)8(13)16/h1-3H,4-5H2,(H2,13,16). The fourth-order valence-electron chi connectivity index (χ4n) is 0.904. The third kappa shape index (κ3) is 4.43. The third-order valence-corrected chi connectivity index (χ3v) is 1.82. The first kappa shape index (κ1) is 12.7. The maximum atomic E-state index is 11.8. The molecule has 0 aliphatic carbocycles. The van der Waals surface area contributed by atoms with E-state index in [2.05, 4.69) is 17.2 Å². The van der Waals surface area contributed by atoms with Crippen LogP contribution >= 0.6 is 12.2 Å². The van der Waals surface area contributed by atoms with Crippen molar-refractivity contribution in [1.82, 2.24) is 4.98 Å². The molecule has 0 fully saturated rings. The molecule has 1 rings (SSSR count). The Kier molecular flexibility index (Phi) is 4.05. The predicted molar refractivity (Wildman–Crippen MR) is 56.3 cm³/mol. The van der Waals surface area contributed by atoms with Crippen molar-refractivity contribution in [2.45, 2.75) is 12.6 Å². The van der Waals surface area contributed by atoms with E-state index in [1.165, 1.54) is 6.07 Å². The number of rotatable bonds is 4. The van der Waals surface area contributed by atoms with Crippen LogP contribution in [0.1, 0.15) is 12.1 Å². The number of ether oxygens (including phenoxy) is 1. The average Bonchev–Trinajstić information content (AvgIpc) is 2.16. The summed E-state index contributed by atoms with van der Waals surface area (Å²) in [4.78, 5) is 3.91. The summed E-state index contributed by atoms with van der Waals surface area (Å²) in [5.74, 6) is 0.0783. The average molecular weight is 250 g/mol. The van der Waals surface area contributed by atoms with Crippen LogP contribution in [0.4, 0.5) is 13.2 Å². The third-order valence-electron chi connectivity index (χ3n) is 1.61. The van der Waals surface area contributed by atoms with Crippen LogP contribution in [0.2, 0.25) is 0 Å². The highest BCUT2D eigenvalue weighted by Gasteiger charge is 2.26.